The molecule has 0 unspecified atom stereocenters. The summed E-state index contributed by atoms with van der Waals surface area (Å²) in [6, 6.07) is 0. The first-order valence-corrected chi connectivity index (χ1v) is 3.70. The summed E-state index contributed by atoms with van der Waals surface area (Å²) in [5.74, 6) is 0. The monoisotopic (exact) mass is 144 g/mol. The quantitative estimate of drug-likeness (QED) is 0.454. The second kappa shape index (κ2) is 8.50. The van der Waals surface area contributed by atoms with Crippen LogP contribution in [0, 0.1) is 0 Å². The van der Waals surface area contributed by atoms with Crippen LogP contribution in [0.25, 0.3) is 0 Å². The highest BCUT2D eigenvalue weighted by Crippen LogP contribution is 1.99. The third-order valence-corrected chi connectivity index (χ3v) is 1.26. The highest BCUT2D eigenvalue weighted by atomic mass is 16.5. The van der Waals surface area contributed by atoms with E-state index in [4.69, 9.17) is 9.84 Å². The highest BCUT2D eigenvalue weighted by Gasteiger charge is 1.83. The molecule has 0 fully saturated rings. The van der Waals surface area contributed by atoms with Crippen molar-refractivity contribution in [3.63, 3.8) is 0 Å². The van der Waals surface area contributed by atoms with Crippen LogP contribution in [0.5, 0.6) is 0 Å². The van der Waals surface area contributed by atoms with Gasteiger partial charge in [-0.25, -0.2) is 0 Å². The van der Waals surface area contributed by atoms with E-state index >= 15 is 0 Å². The fourth-order valence-electron chi connectivity index (χ4n) is 0.715. The number of allylic oxidation sites excluding steroid dienone is 1. The summed E-state index contributed by atoms with van der Waals surface area (Å²) < 4.78 is 4.72. The standard InChI is InChI=1S/C8H16O2/c1-10-8-6-4-2-3-5-7-9/h6,8-9H,2-5,7H2,1H3. The summed E-state index contributed by atoms with van der Waals surface area (Å²) in [5.41, 5.74) is 0. The Kier molecular flexibility index (Phi) is 8.07. The smallest absolute Gasteiger partial charge is 0.0784 e. The topological polar surface area (TPSA) is 29.5 Å². The van der Waals surface area contributed by atoms with E-state index in [1.165, 1.54) is 0 Å². The van der Waals surface area contributed by atoms with Crippen molar-refractivity contribution in [2.24, 2.45) is 0 Å². The van der Waals surface area contributed by atoms with E-state index in [2.05, 4.69) is 0 Å². The largest absolute Gasteiger partial charge is 0.505 e. The van der Waals surface area contributed by atoms with Gasteiger partial charge in [-0.2, -0.15) is 0 Å². The van der Waals surface area contributed by atoms with Crippen molar-refractivity contribution in [3.05, 3.63) is 12.3 Å². The van der Waals surface area contributed by atoms with Gasteiger partial charge >= 0.3 is 0 Å². The van der Waals surface area contributed by atoms with Crippen molar-refractivity contribution >= 4 is 0 Å². The number of rotatable bonds is 6. The molecule has 2 nitrogen and oxygen atoms in total. The average molecular weight is 144 g/mol. The number of aliphatic hydroxyl groups is 1. The summed E-state index contributed by atoms with van der Waals surface area (Å²) in [7, 11) is 1.64. The van der Waals surface area contributed by atoms with Crippen molar-refractivity contribution < 1.29 is 9.84 Å². The van der Waals surface area contributed by atoms with Crippen LogP contribution in [0.3, 0.4) is 0 Å². The molecule has 0 aliphatic carbocycles. The van der Waals surface area contributed by atoms with Crippen LogP contribution < -0.4 is 0 Å². The van der Waals surface area contributed by atoms with Crippen LogP contribution in [0.15, 0.2) is 12.3 Å². The molecule has 0 aliphatic rings. The zero-order valence-corrected chi connectivity index (χ0v) is 6.55. The molecule has 1 N–H and O–H groups in total. The Morgan fingerprint density at radius 3 is 2.70 bits per heavy atom. The molecule has 2 heteroatoms. The predicted octanol–water partition coefficient (Wildman–Crippen LogP) is 1.70. The molecule has 0 rings (SSSR count). The van der Waals surface area contributed by atoms with Crippen molar-refractivity contribution in [2.45, 2.75) is 25.7 Å². The molecule has 60 valence electrons. The Balaban J connectivity index is 2.83. The lowest BCUT2D eigenvalue weighted by Gasteiger charge is -1.93. The Labute approximate surface area is 62.5 Å². The van der Waals surface area contributed by atoms with Crippen molar-refractivity contribution in [2.75, 3.05) is 13.7 Å². The fraction of sp³-hybridized carbons (Fsp3) is 0.750. The number of ether oxygens (including phenoxy) is 1. The minimum absolute atomic E-state index is 0.313. The molecule has 0 radical (unpaired) electrons. The fourth-order valence-corrected chi connectivity index (χ4v) is 0.715. The highest BCUT2D eigenvalue weighted by molar-refractivity contribution is 4.72. The van der Waals surface area contributed by atoms with Gasteiger partial charge in [0.2, 0.25) is 0 Å². The summed E-state index contributed by atoms with van der Waals surface area (Å²) >= 11 is 0. The summed E-state index contributed by atoms with van der Waals surface area (Å²) in [5, 5.41) is 8.43. The molecule has 0 aliphatic heterocycles. The lowest BCUT2D eigenvalue weighted by Crippen LogP contribution is -1.81. The van der Waals surface area contributed by atoms with Crippen molar-refractivity contribution in [1.29, 1.82) is 0 Å². The SMILES string of the molecule is COC=CCCCCCO. The molecule has 0 aromatic heterocycles. The zero-order chi connectivity index (χ0) is 7.66. The third kappa shape index (κ3) is 7.50. The van der Waals surface area contributed by atoms with E-state index in [0.717, 1.165) is 25.7 Å². The normalized spacial score (nSPS) is 10.6. The van der Waals surface area contributed by atoms with E-state index in [1.54, 1.807) is 13.4 Å². The maximum absolute atomic E-state index is 8.43. The van der Waals surface area contributed by atoms with Crippen molar-refractivity contribution in [1.82, 2.24) is 0 Å². The Morgan fingerprint density at radius 1 is 1.30 bits per heavy atom. The molecule has 0 bridgehead atoms. The molecule has 0 heterocycles. The third-order valence-electron chi connectivity index (χ3n) is 1.26. The van der Waals surface area contributed by atoms with Gasteiger partial charge in [0.1, 0.15) is 0 Å². The first-order chi connectivity index (χ1) is 4.91. The Morgan fingerprint density at radius 2 is 2.10 bits per heavy atom. The van der Waals surface area contributed by atoms with E-state index in [0.29, 0.717) is 6.61 Å². The molecule has 0 aromatic carbocycles. The second-order valence-electron chi connectivity index (χ2n) is 2.18. The molecule has 0 spiro atoms. The van der Waals surface area contributed by atoms with E-state index in [9.17, 15) is 0 Å². The van der Waals surface area contributed by atoms with Gasteiger partial charge in [0.25, 0.3) is 0 Å². The predicted molar refractivity (Wildman–Crippen MR) is 41.7 cm³/mol. The van der Waals surface area contributed by atoms with E-state index in [1.807, 2.05) is 6.08 Å². The number of aliphatic hydroxyl groups excluding tert-OH is 1. The molecule has 0 atom stereocenters. The molecule has 10 heavy (non-hydrogen) atoms. The van der Waals surface area contributed by atoms with Gasteiger partial charge in [0.15, 0.2) is 0 Å². The van der Waals surface area contributed by atoms with Crippen LogP contribution in [-0.2, 0) is 4.74 Å². The maximum atomic E-state index is 8.43. The number of unbranched alkanes of at least 4 members (excludes halogenated alkanes) is 3. The van der Waals surface area contributed by atoms with Gasteiger partial charge in [0, 0.05) is 6.61 Å². The van der Waals surface area contributed by atoms with Crippen LogP contribution in [0.4, 0.5) is 0 Å². The number of hydrogen-bond acceptors (Lipinski definition) is 2. The molecule has 0 aromatic rings. The first-order valence-electron chi connectivity index (χ1n) is 3.70. The van der Waals surface area contributed by atoms with Crippen LogP contribution in [-0.4, -0.2) is 18.8 Å². The second-order valence-corrected chi connectivity index (χ2v) is 2.18. The van der Waals surface area contributed by atoms with Gasteiger partial charge in [-0.05, 0) is 25.3 Å². The van der Waals surface area contributed by atoms with Crippen LogP contribution in [0.1, 0.15) is 25.7 Å². The summed E-state index contributed by atoms with van der Waals surface area (Å²) in [4.78, 5) is 0. The Hall–Kier alpha value is -0.500. The number of hydrogen-bond donors (Lipinski definition) is 1. The number of methoxy groups -OCH3 is 1. The average Bonchev–Trinajstić information content (AvgIpc) is 1.97. The van der Waals surface area contributed by atoms with Crippen molar-refractivity contribution in [3.8, 4) is 0 Å². The van der Waals surface area contributed by atoms with Gasteiger partial charge in [-0.15, -0.1) is 0 Å². The minimum atomic E-state index is 0.313. The lowest BCUT2D eigenvalue weighted by molar-refractivity contribution is 0.283. The van der Waals surface area contributed by atoms with E-state index in [-0.39, 0.29) is 0 Å². The van der Waals surface area contributed by atoms with Gasteiger partial charge in [-0.1, -0.05) is 6.42 Å². The first kappa shape index (κ1) is 9.50. The van der Waals surface area contributed by atoms with Crippen LogP contribution in [0.2, 0.25) is 0 Å². The lowest BCUT2D eigenvalue weighted by atomic mass is 10.2. The zero-order valence-electron chi connectivity index (χ0n) is 6.55. The van der Waals surface area contributed by atoms with Gasteiger partial charge in [0.05, 0.1) is 13.4 Å². The van der Waals surface area contributed by atoms with Crippen LogP contribution >= 0.6 is 0 Å². The molecular formula is C8H16O2. The summed E-state index contributed by atoms with van der Waals surface area (Å²) in [6.45, 7) is 0.313. The van der Waals surface area contributed by atoms with E-state index < -0.39 is 0 Å². The molecule has 0 saturated carbocycles. The molecular weight excluding hydrogens is 128 g/mol. The molecule has 0 saturated heterocycles. The van der Waals surface area contributed by atoms with Gasteiger partial charge in [-0.3, -0.25) is 0 Å². The summed E-state index contributed by atoms with van der Waals surface area (Å²) in [6.07, 6.45) is 7.90. The Bertz CT molecular complexity index is 79.3. The maximum Gasteiger partial charge on any atom is 0.0784 e. The molecule has 0 amide bonds. The minimum Gasteiger partial charge on any atom is -0.505 e. The van der Waals surface area contributed by atoms with Gasteiger partial charge < -0.3 is 9.84 Å².